The number of nitrogens with one attached hydrogen (secondary N) is 1. The van der Waals surface area contributed by atoms with E-state index in [4.69, 9.17) is 0 Å². The topological polar surface area (TPSA) is 69.7 Å². The number of rotatable bonds is 8. The van der Waals surface area contributed by atoms with Crippen molar-refractivity contribution in [3.63, 3.8) is 0 Å². The molecule has 1 N–H and O–H groups in total. The zero-order valence-corrected chi connectivity index (χ0v) is 17.0. The van der Waals surface area contributed by atoms with Gasteiger partial charge in [-0.2, -0.15) is 0 Å². The molecule has 2 aromatic rings. The van der Waals surface area contributed by atoms with E-state index in [1.807, 2.05) is 54.8 Å². The number of nitrogens with zero attached hydrogens (tertiary/aromatic N) is 2. The third-order valence-corrected chi connectivity index (χ3v) is 6.00. The Balaban J connectivity index is 1.70. The van der Waals surface area contributed by atoms with Crippen LogP contribution in [0.4, 0.5) is 4.79 Å². The van der Waals surface area contributed by atoms with E-state index < -0.39 is 11.6 Å². The largest absolute Gasteiger partial charge is 0.336 e. The van der Waals surface area contributed by atoms with Crippen molar-refractivity contribution in [2.45, 2.75) is 38.8 Å². The predicted octanol–water partition coefficient (Wildman–Crippen LogP) is 3.04. The van der Waals surface area contributed by atoms with Crippen LogP contribution in [-0.4, -0.2) is 46.3 Å². The first-order chi connectivity index (χ1) is 13.4. The second kappa shape index (κ2) is 8.56. The second-order valence-electron chi connectivity index (χ2n) is 7.14. The summed E-state index contributed by atoms with van der Waals surface area (Å²) in [5.41, 5.74) is 0.208. The highest BCUT2D eigenvalue weighted by atomic mass is 32.1. The van der Waals surface area contributed by atoms with Crippen molar-refractivity contribution < 1.29 is 14.4 Å². The van der Waals surface area contributed by atoms with Gasteiger partial charge in [-0.15, -0.1) is 11.3 Å². The van der Waals surface area contributed by atoms with Gasteiger partial charge in [-0.25, -0.2) is 4.79 Å². The average Bonchev–Trinajstić information content (AvgIpc) is 3.28. The van der Waals surface area contributed by atoms with Gasteiger partial charge in [-0.05, 0) is 36.8 Å². The summed E-state index contributed by atoms with van der Waals surface area (Å²) in [5.74, 6) is -0.569. The van der Waals surface area contributed by atoms with Gasteiger partial charge < -0.3 is 10.2 Å². The molecule has 0 spiro atoms. The van der Waals surface area contributed by atoms with Crippen LogP contribution in [0.5, 0.6) is 0 Å². The molecule has 2 heterocycles. The van der Waals surface area contributed by atoms with Crippen molar-refractivity contribution in [3.8, 4) is 0 Å². The van der Waals surface area contributed by atoms with E-state index in [-0.39, 0.29) is 18.4 Å². The fraction of sp³-hybridized carbons (Fsp3) is 0.381. The third-order valence-electron chi connectivity index (χ3n) is 5.14. The fourth-order valence-corrected chi connectivity index (χ4v) is 3.88. The molecule has 1 atom stereocenters. The Bertz CT molecular complexity index is 838. The lowest BCUT2D eigenvalue weighted by Gasteiger charge is -2.25. The van der Waals surface area contributed by atoms with Gasteiger partial charge in [-0.3, -0.25) is 14.5 Å². The Morgan fingerprint density at radius 2 is 1.93 bits per heavy atom. The van der Waals surface area contributed by atoms with Gasteiger partial charge in [0.1, 0.15) is 12.1 Å². The summed E-state index contributed by atoms with van der Waals surface area (Å²) in [7, 11) is 0. The SMILES string of the molecule is CC[C@]1(C)NC(=O)N(CC(=O)N(CCc2ccccc2)Cc2cccs2)C1=O. The molecule has 148 valence electrons. The van der Waals surface area contributed by atoms with Crippen LogP contribution in [0, 0.1) is 0 Å². The Kier molecular flexibility index (Phi) is 6.14. The molecule has 1 aliphatic rings. The molecule has 0 bridgehead atoms. The number of thiophene rings is 1. The molecule has 1 fully saturated rings. The number of carbonyl (C=O) groups excluding carboxylic acids is 3. The van der Waals surface area contributed by atoms with Crippen LogP contribution in [0.3, 0.4) is 0 Å². The Hall–Kier alpha value is -2.67. The van der Waals surface area contributed by atoms with E-state index in [0.717, 1.165) is 15.3 Å². The first kappa shape index (κ1) is 20.1. The van der Waals surface area contributed by atoms with Gasteiger partial charge in [-0.1, -0.05) is 43.3 Å². The van der Waals surface area contributed by atoms with E-state index in [1.165, 1.54) is 0 Å². The number of hydrogen-bond donors (Lipinski definition) is 1. The van der Waals surface area contributed by atoms with E-state index in [0.29, 0.717) is 25.9 Å². The van der Waals surface area contributed by atoms with Crippen LogP contribution in [0.1, 0.15) is 30.7 Å². The first-order valence-corrected chi connectivity index (χ1v) is 10.3. The van der Waals surface area contributed by atoms with E-state index in [9.17, 15) is 14.4 Å². The Morgan fingerprint density at radius 3 is 2.54 bits per heavy atom. The zero-order chi connectivity index (χ0) is 20.1. The molecule has 4 amide bonds. The lowest BCUT2D eigenvalue weighted by molar-refractivity contribution is -0.139. The van der Waals surface area contributed by atoms with Gasteiger partial charge in [0.2, 0.25) is 5.91 Å². The maximum absolute atomic E-state index is 13.0. The molecular formula is C21H25N3O3S. The van der Waals surface area contributed by atoms with Crippen molar-refractivity contribution in [2.75, 3.05) is 13.1 Å². The smallest absolute Gasteiger partial charge is 0.325 e. The summed E-state index contributed by atoms with van der Waals surface area (Å²) in [6.07, 6.45) is 1.19. The number of imide groups is 1. The highest BCUT2D eigenvalue weighted by Gasteiger charge is 2.47. The average molecular weight is 400 g/mol. The Labute approximate surface area is 169 Å². The quantitative estimate of drug-likeness (QED) is 0.694. The number of hydrogen-bond acceptors (Lipinski definition) is 4. The molecule has 28 heavy (non-hydrogen) atoms. The van der Waals surface area contributed by atoms with Crippen LogP contribution < -0.4 is 5.32 Å². The van der Waals surface area contributed by atoms with Gasteiger partial charge in [0.25, 0.3) is 5.91 Å². The predicted molar refractivity (Wildman–Crippen MR) is 109 cm³/mol. The Morgan fingerprint density at radius 1 is 1.18 bits per heavy atom. The minimum Gasteiger partial charge on any atom is -0.336 e. The highest BCUT2D eigenvalue weighted by molar-refractivity contribution is 7.09. The van der Waals surface area contributed by atoms with Crippen molar-refractivity contribution >= 4 is 29.2 Å². The normalized spacial score (nSPS) is 19.0. The molecular weight excluding hydrogens is 374 g/mol. The summed E-state index contributed by atoms with van der Waals surface area (Å²) in [6.45, 7) is 4.29. The van der Waals surface area contributed by atoms with Gasteiger partial charge >= 0.3 is 6.03 Å². The van der Waals surface area contributed by atoms with Crippen molar-refractivity contribution in [1.82, 2.24) is 15.1 Å². The van der Waals surface area contributed by atoms with Crippen molar-refractivity contribution in [2.24, 2.45) is 0 Å². The number of urea groups is 1. The maximum Gasteiger partial charge on any atom is 0.325 e. The number of amides is 4. The van der Waals surface area contributed by atoms with Crippen LogP contribution >= 0.6 is 11.3 Å². The summed E-state index contributed by atoms with van der Waals surface area (Å²) in [5, 5.41) is 4.67. The van der Waals surface area contributed by atoms with Crippen LogP contribution in [-0.2, 0) is 22.6 Å². The molecule has 0 saturated carbocycles. The molecule has 0 aliphatic carbocycles. The van der Waals surface area contributed by atoms with Gasteiger partial charge in [0, 0.05) is 11.4 Å². The molecule has 3 rings (SSSR count). The third kappa shape index (κ3) is 4.42. The monoisotopic (exact) mass is 399 g/mol. The minimum atomic E-state index is -0.931. The zero-order valence-electron chi connectivity index (χ0n) is 16.2. The van der Waals surface area contributed by atoms with Crippen molar-refractivity contribution in [3.05, 3.63) is 58.3 Å². The van der Waals surface area contributed by atoms with Crippen LogP contribution in [0.25, 0.3) is 0 Å². The molecule has 0 unspecified atom stereocenters. The summed E-state index contributed by atoms with van der Waals surface area (Å²) in [6, 6.07) is 13.4. The first-order valence-electron chi connectivity index (χ1n) is 9.41. The molecule has 7 heteroatoms. The molecule has 1 aromatic heterocycles. The van der Waals surface area contributed by atoms with Crippen LogP contribution in [0.2, 0.25) is 0 Å². The lowest BCUT2D eigenvalue weighted by Crippen LogP contribution is -2.45. The minimum absolute atomic E-state index is 0.229. The van der Waals surface area contributed by atoms with E-state index >= 15 is 0 Å². The number of benzene rings is 1. The lowest BCUT2D eigenvalue weighted by atomic mass is 9.99. The summed E-state index contributed by atoms with van der Waals surface area (Å²) < 4.78 is 0. The molecule has 1 aliphatic heterocycles. The maximum atomic E-state index is 13.0. The van der Waals surface area contributed by atoms with Gasteiger partial charge in [0.05, 0.1) is 6.54 Å². The second-order valence-corrected chi connectivity index (χ2v) is 8.17. The molecule has 1 saturated heterocycles. The molecule has 0 radical (unpaired) electrons. The van der Waals surface area contributed by atoms with Crippen LogP contribution in [0.15, 0.2) is 47.8 Å². The standard InChI is InChI=1S/C21H25N3O3S/c1-3-21(2)19(26)24(20(27)22-21)15-18(25)23(14-17-10-7-13-28-17)12-11-16-8-5-4-6-9-16/h4-10,13H,3,11-12,14-15H2,1-2H3,(H,22,27)/t21-/m0/s1. The summed E-state index contributed by atoms with van der Waals surface area (Å²) >= 11 is 1.58. The molecule has 6 nitrogen and oxygen atoms in total. The van der Waals surface area contributed by atoms with Crippen molar-refractivity contribution in [1.29, 1.82) is 0 Å². The number of carbonyl (C=O) groups is 3. The fourth-order valence-electron chi connectivity index (χ4n) is 3.16. The highest BCUT2D eigenvalue weighted by Crippen LogP contribution is 2.21. The van der Waals surface area contributed by atoms with E-state index in [2.05, 4.69) is 5.32 Å². The van der Waals surface area contributed by atoms with Gasteiger partial charge in [0.15, 0.2) is 0 Å². The van der Waals surface area contributed by atoms with E-state index in [1.54, 1.807) is 23.2 Å². The summed E-state index contributed by atoms with van der Waals surface area (Å²) in [4.78, 5) is 41.7. The molecule has 1 aromatic carbocycles.